The summed E-state index contributed by atoms with van der Waals surface area (Å²) in [5, 5.41) is 9.21. The van der Waals surface area contributed by atoms with Crippen LogP contribution in [0.3, 0.4) is 0 Å². The van der Waals surface area contributed by atoms with Gasteiger partial charge in [0.05, 0.1) is 0 Å². The lowest BCUT2D eigenvalue weighted by atomic mass is 9.74. The number of nitrogens with one attached hydrogen (secondary N) is 1. The zero-order valence-corrected chi connectivity index (χ0v) is 14.6. The van der Waals surface area contributed by atoms with Crippen LogP contribution in [0.4, 0.5) is 0 Å². The molecular weight excluding hydrogens is 322 g/mol. The zero-order valence-electron chi connectivity index (χ0n) is 13.8. The Balaban J connectivity index is 1.49. The van der Waals surface area contributed by atoms with Crippen molar-refractivity contribution in [3.63, 3.8) is 0 Å². The van der Waals surface area contributed by atoms with Gasteiger partial charge in [-0.25, -0.2) is 9.97 Å². The molecule has 1 aliphatic heterocycles. The fourth-order valence-corrected chi connectivity index (χ4v) is 4.96. The Kier molecular flexibility index (Phi) is 4.35. The molecule has 1 saturated heterocycles. The Morgan fingerprint density at radius 3 is 2.71 bits per heavy atom. The first-order valence-electron chi connectivity index (χ1n) is 8.86. The van der Waals surface area contributed by atoms with E-state index in [1.165, 1.54) is 62.6 Å². The van der Waals surface area contributed by atoms with E-state index in [-0.39, 0.29) is 5.91 Å². The maximum absolute atomic E-state index is 12.9. The molecule has 0 unspecified atom stereocenters. The number of likely N-dealkylation sites (tertiary alicyclic amines) is 1. The van der Waals surface area contributed by atoms with Gasteiger partial charge in [-0.05, 0) is 31.1 Å². The smallest absolute Gasteiger partial charge is 0.273 e. The molecule has 1 N–H and O–H groups in total. The first-order valence-corrected chi connectivity index (χ1v) is 9.74. The highest BCUT2D eigenvalue weighted by atomic mass is 32.1. The summed E-state index contributed by atoms with van der Waals surface area (Å²) < 4.78 is 0. The lowest BCUT2D eigenvalue weighted by Crippen LogP contribution is -2.46. The third-order valence-electron chi connectivity index (χ3n) is 5.45. The minimum Gasteiger partial charge on any atom is -0.337 e. The van der Waals surface area contributed by atoms with Crippen molar-refractivity contribution in [1.82, 2.24) is 25.1 Å². The lowest BCUT2D eigenvalue weighted by molar-refractivity contribution is 0.0460. The molecule has 2 aromatic heterocycles. The Bertz CT molecular complexity index is 688. The molecule has 4 rings (SSSR count). The summed E-state index contributed by atoms with van der Waals surface area (Å²) in [5.41, 5.74) is 0.894. The molecule has 2 aromatic rings. The fourth-order valence-electron chi connectivity index (χ4n) is 4.22. The zero-order chi connectivity index (χ0) is 16.4. The van der Waals surface area contributed by atoms with Gasteiger partial charge in [-0.1, -0.05) is 25.7 Å². The first kappa shape index (κ1) is 15.7. The van der Waals surface area contributed by atoms with Crippen LogP contribution < -0.4 is 0 Å². The van der Waals surface area contributed by atoms with Gasteiger partial charge >= 0.3 is 0 Å². The van der Waals surface area contributed by atoms with Crippen LogP contribution in [0.2, 0.25) is 0 Å². The van der Waals surface area contributed by atoms with E-state index < -0.39 is 0 Å². The predicted molar refractivity (Wildman–Crippen MR) is 92.8 cm³/mol. The number of aromatic nitrogens is 4. The normalized spacial score (nSPS) is 20.9. The minimum atomic E-state index is 0.0698. The molecule has 128 valence electrons. The average Bonchev–Trinajstić information content (AvgIpc) is 3.25. The van der Waals surface area contributed by atoms with Gasteiger partial charge in [-0.3, -0.25) is 9.89 Å². The highest BCUT2D eigenvalue weighted by Crippen LogP contribution is 2.42. The maximum atomic E-state index is 12.9. The van der Waals surface area contributed by atoms with E-state index in [9.17, 15) is 4.79 Å². The van der Waals surface area contributed by atoms with Crippen molar-refractivity contribution >= 4 is 17.2 Å². The van der Waals surface area contributed by atoms with Crippen molar-refractivity contribution in [2.45, 2.75) is 51.4 Å². The molecule has 1 amide bonds. The van der Waals surface area contributed by atoms with Crippen molar-refractivity contribution in [2.75, 3.05) is 13.1 Å². The molecule has 0 atom stereocenters. The molecule has 0 radical (unpaired) electrons. The largest absolute Gasteiger partial charge is 0.337 e. The van der Waals surface area contributed by atoms with Crippen LogP contribution in [0, 0.1) is 5.41 Å². The van der Waals surface area contributed by atoms with Gasteiger partial charge in [0.2, 0.25) is 0 Å². The standard InChI is InChI=1S/C17H23N5OS/c23-16(13-10-24-15(20-13)14-18-12-19-21-14)22-9-5-8-17(11-22)6-3-1-2-4-7-17/h10,12H,1-9,11H2,(H,18,19,21). The number of thiazole rings is 1. The Labute approximate surface area is 145 Å². The molecule has 3 heterocycles. The summed E-state index contributed by atoms with van der Waals surface area (Å²) in [6.45, 7) is 1.76. The number of rotatable bonds is 2. The summed E-state index contributed by atoms with van der Waals surface area (Å²) in [6, 6.07) is 0. The minimum absolute atomic E-state index is 0.0698. The predicted octanol–water partition coefficient (Wildman–Crippen LogP) is 3.50. The second kappa shape index (κ2) is 6.63. The summed E-state index contributed by atoms with van der Waals surface area (Å²) >= 11 is 1.44. The summed E-state index contributed by atoms with van der Waals surface area (Å²) in [6.07, 6.45) is 11.7. The van der Waals surface area contributed by atoms with Crippen LogP contribution in [0.5, 0.6) is 0 Å². The van der Waals surface area contributed by atoms with Crippen LogP contribution in [0.25, 0.3) is 10.8 Å². The van der Waals surface area contributed by atoms with Crippen molar-refractivity contribution in [1.29, 1.82) is 0 Å². The van der Waals surface area contributed by atoms with Gasteiger partial charge in [-0.15, -0.1) is 11.3 Å². The quantitative estimate of drug-likeness (QED) is 0.904. The second-order valence-corrected chi connectivity index (χ2v) is 7.97. The molecule has 1 aliphatic carbocycles. The lowest BCUT2D eigenvalue weighted by Gasteiger charge is -2.42. The van der Waals surface area contributed by atoms with Gasteiger partial charge in [-0.2, -0.15) is 5.10 Å². The van der Waals surface area contributed by atoms with Crippen LogP contribution in [0.1, 0.15) is 61.9 Å². The number of nitrogens with zero attached hydrogens (tertiary/aromatic N) is 4. The third kappa shape index (κ3) is 3.09. The second-order valence-electron chi connectivity index (χ2n) is 7.12. The number of amides is 1. The van der Waals surface area contributed by atoms with Gasteiger partial charge < -0.3 is 4.90 Å². The number of aromatic amines is 1. The summed E-state index contributed by atoms with van der Waals surface area (Å²) in [7, 11) is 0. The molecule has 2 fully saturated rings. The molecule has 1 spiro atoms. The van der Waals surface area contributed by atoms with Gasteiger partial charge in [0.15, 0.2) is 10.8 Å². The highest BCUT2D eigenvalue weighted by Gasteiger charge is 2.37. The van der Waals surface area contributed by atoms with E-state index >= 15 is 0 Å². The molecule has 7 heteroatoms. The Morgan fingerprint density at radius 1 is 1.17 bits per heavy atom. The summed E-state index contributed by atoms with van der Waals surface area (Å²) in [5.74, 6) is 0.693. The monoisotopic (exact) mass is 345 g/mol. The number of hydrogen-bond acceptors (Lipinski definition) is 5. The van der Waals surface area contributed by atoms with Crippen molar-refractivity contribution < 1.29 is 4.79 Å². The van der Waals surface area contributed by atoms with E-state index in [0.29, 0.717) is 16.9 Å². The van der Waals surface area contributed by atoms with Gasteiger partial charge in [0.25, 0.3) is 5.91 Å². The SMILES string of the molecule is O=C(c1csc(-c2ncn[nH]2)n1)N1CCCC2(CCCCCC2)C1. The molecule has 24 heavy (non-hydrogen) atoms. The van der Waals surface area contributed by atoms with Crippen molar-refractivity contribution in [2.24, 2.45) is 5.41 Å². The maximum Gasteiger partial charge on any atom is 0.273 e. The topological polar surface area (TPSA) is 74.8 Å². The number of hydrogen-bond donors (Lipinski definition) is 1. The third-order valence-corrected chi connectivity index (χ3v) is 6.30. The number of H-pyrrole nitrogens is 1. The van der Waals surface area contributed by atoms with Crippen LogP contribution >= 0.6 is 11.3 Å². The summed E-state index contributed by atoms with van der Waals surface area (Å²) in [4.78, 5) is 23.5. The molecular formula is C17H23N5OS. The number of piperidine rings is 1. The number of carbonyl (C=O) groups excluding carboxylic acids is 1. The highest BCUT2D eigenvalue weighted by molar-refractivity contribution is 7.13. The van der Waals surface area contributed by atoms with Crippen molar-refractivity contribution in [3.8, 4) is 10.8 Å². The van der Waals surface area contributed by atoms with E-state index in [1.54, 1.807) is 0 Å². The van der Waals surface area contributed by atoms with Crippen LogP contribution in [-0.2, 0) is 0 Å². The first-order chi connectivity index (χ1) is 11.8. The van der Waals surface area contributed by atoms with Crippen LogP contribution in [-0.4, -0.2) is 44.1 Å². The van der Waals surface area contributed by atoms with Crippen molar-refractivity contribution in [3.05, 3.63) is 17.4 Å². The number of carbonyl (C=O) groups is 1. The fraction of sp³-hybridized carbons (Fsp3) is 0.647. The van der Waals surface area contributed by atoms with Crippen LogP contribution in [0.15, 0.2) is 11.7 Å². The van der Waals surface area contributed by atoms with E-state index in [4.69, 9.17) is 0 Å². The average molecular weight is 345 g/mol. The molecule has 1 saturated carbocycles. The molecule has 0 aromatic carbocycles. The van der Waals surface area contributed by atoms with Gasteiger partial charge in [0.1, 0.15) is 12.0 Å². The molecule has 2 aliphatic rings. The van der Waals surface area contributed by atoms with Gasteiger partial charge in [0, 0.05) is 18.5 Å². The Morgan fingerprint density at radius 2 is 1.96 bits per heavy atom. The van der Waals surface area contributed by atoms with E-state index in [2.05, 4.69) is 20.2 Å². The molecule has 6 nitrogen and oxygen atoms in total. The van der Waals surface area contributed by atoms with E-state index in [1.807, 2.05) is 10.3 Å². The molecule has 0 bridgehead atoms. The Hall–Kier alpha value is -1.76. The van der Waals surface area contributed by atoms with E-state index in [0.717, 1.165) is 24.5 Å².